The Hall–Kier alpha value is -2.11. The number of rotatable bonds is 4. The number of nitrogens with zero attached hydrogens (tertiary/aromatic N) is 1. The molecule has 0 spiro atoms. The van der Waals surface area contributed by atoms with E-state index in [1.54, 1.807) is 0 Å². The molecule has 2 heteroatoms. The van der Waals surface area contributed by atoms with E-state index in [0.717, 1.165) is 19.3 Å². The average molecular weight is 276 g/mol. The Morgan fingerprint density at radius 2 is 1.48 bits per heavy atom. The molecule has 0 aliphatic heterocycles. The van der Waals surface area contributed by atoms with Crippen LogP contribution in [-0.4, -0.2) is 6.04 Å². The molecule has 1 fully saturated rings. The Labute approximate surface area is 126 Å². The smallest absolute Gasteiger partial charge is 0.0672 e. The molecule has 1 N–H and O–H groups in total. The predicted octanol–water partition coefficient (Wildman–Crippen LogP) is 4.06. The number of hydrogen-bond donors (Lipinski definition) is 1. The van der Waals surface area contributed by atoms with Gasteiger partial charge in [-0.1, -0.05) is 67.1 Å². The third-order valence-corrected chi connectivity index (χ3v) is 4.33. The standard InChI is InChI=1S/C19H20N2/c20-14-17-12-7-13-18(17)21-19(15-8-3-1-4-9-15)16-10-5-2-6-11-16/h1-6,8-11,17-19,21H,7,12-13H2. The largest absolute Gasteiger partial charge is 0.302 e. The Balaban J connectivity index is 1.88. The van der Waals surface area contributed by atoms with E-state index in [2.05, 4.69) is 59.9 Å². The van der Waals surface area contributed by atoms with Gasteiger partial charge in [-0.2, -0.15) is 5.26 Å². The van der Waals surface area contributed by atoms with Crippen LogP contribution in [0.4, 0.5) is 0 Å². The van der Waals surface area contributed by atoms with Crippen molar-refractivity contribution in [3.05, 3.63) is 71.8 Å². The van der Waals surface area contributed by atoms with Gasteiger partial charge in [-0.3, -0.25) is 0 Å². The molecule has 1 saturated carbocycles. The lowest BCUT2D eigenvalue weighted by Gasteiger charge is -2.25. The summed E-state index contributed by atoms with van der Waals surface area (Å²) in [5.41, 5.74) is 2.51. The summed E-state index contributed by atoms with van der Waals surface area (Å²) in [4.78, 5) is 0. The zero-order valence-corrected chi connectivity index (χ0v) is 12.1. The highest BCUT2D eigenvalue weighted by Crippen LogP contribution is 2.30. The summed E-state index contributed by atoms with van der Waals surface area (Å²) in [7, 11) is 0. The van der Waals surface area contributed by atoms with Crippen molar-refractivity contribution in [2.75, 3.05) is 0 Å². The molecular formula is C19H20N2. The molecule has 0 heterocycles. The second-order valence-electron chi connectivity index (χ2n) is 5.69. The summed E-state index contributed by atoms with van der Waals surface area (Å²) in [6, 6.07) is 23.9. The fourth-order valence-electron chi connectivity index (χ4n) is 3.20. The number of nitrogens with one attached hydrogen (secondary N) is 1. The number of benzene rings is 2. The molecule has 2 atom stereocenters. The Bertz CT molecular complexity index is 561. The van der Waals surface area contributed by atoms with Crippen LogP contribution in [0.3, 0.4) is 0 Å². The molecule has 2 aromatic rings. The van der Waals surface area contributed by atoms with Gasteiger partial charge >= 0.3 is 0 Å². The van der Waals surface area contributed by atoms with Gasteiger partial charge in [-0.15, -0.1) is 0 Å². The van der Waals surface area contributed by atoms with Gasteiger partial charge in [0.2, 0.25) is 0 Å². The highest BCUT2D eigenvalue weighted by Gasteiger charge is 2.29. The van der Waals surface area contributed by atoms with Crippen molar-refractivity contribution in [3.8, 4) is 6.07 Å². The lowest BCUT2D eigenvalue weighted by molar-refractivity contribution is 0.431. The first-order chi connectivity index (χ1) is 10.4. The maximum atomic E-state index is 9.30. The summed E-state index contributed by atoms with van der Waals surface area (Å²) in [5.74, 6) is 0.139. The van der Waals surface area contributed by atoms with E-state index in [4.69, 9.17) is 0 Å². The van der Waals surface area contributed by atoms with Crippen LogP contribution in [0.2, 0.25) is 0 Å². The van der Waals surface area contributed by atoms with Crippen molar-refractivity contribution in [2.45, 2.75) is 31.3 Å². The van der Waals surface area contributed by atoms with Gasteiger partial charge in [0.25, 0.3) is 0 Å². The van der Waals surface area contributed by atoms with Gasteiger partial charge < -0.3 is 5.32 Å². The maximum Gasteiger partial charge on any atom is 0.0672 e. The van der Waals surface area contributed by atoms with Crippen LogP contribution >= 0.6 is 0 Å². The maximum absolute atomic E-state index is 9.30. The second kappa shape index (κ2) is 6.56. The van der Waals surface area contributed by atoms with Crippen LogP contribution in [-0.2, 0) is 0 Å². The fourth-order valence-corrected chi connectivity index (χ4v) is 3.20. The lowest BCUT2D eigenvalue weighted by Crippen LogP contribution is -2.35. The topological polar surface area (TPSA) is 35.8 Å². The molecule has 0 bridgehead atoms. The molecule has 106 valence electrons. The first kappa shape index (κ1) is 13.9. The molecule has 3 rings (SSSR count). The van der Waals surface area contributed by atoms with Crippen LogP contribution in [0.5, 0.6) is 0 Å². The van der Waals surface area contributed by atoms with Gasteiger partial charge in [0.15, 0.2) is 0 Å². The zero-order valence-electron chi connectivity index (χ0n) is 12.1. The highest BCUT2D eigenvalue weighted by molar-refractivity contribution is 5.32. The summed E-state index contributed by atoms with van der Waals surface area (Å²) in [5, 5.41) is 13.0. The molecule has 1 aliphatic rings. The van der Waals surface area contributed by atoms with E-state index in [9.17, 15) is 5.26 Å². The SMILES string of the molecule is N#CC1CCCC1NC(c1ccccc1)c1ccccc1. The molecule has 0 saturated heterocycles. The zero-order chi connectivity index (χ0) is 14.5. The molecule has 0 aromatic heterocycles. The average Bonchev–Trinajstić information content (AvgIpc) is 3.01. The van der Waals surface area contributed by atoms with E-state index < -0.39 is 0 Å². The van der Waals surface area contributed by atoms with Crippen LogP contribution in [0.1, 0.15) is 36.4 Å². The molecule has 0 amide bonds. The van der Waals surface area contributed by atoms with Crippen molar-refractivity contribution < 1.29 is 0 Å². The normalized spacial score (nSPS) is 21.3. The van der Waals surface area contributed by atoms with Gasteiger partial charge in [0, 0.05) is 6.04 Å². The molecule has 21 heavy (non-hydrogen) atoms. The van der Waals surface area contributed by atoms with Crippen molar-refractivity contribution >= 4 is 0 Å². The van der Waals surface area contributed by atoms with Crippen LogP contribution in [0.15, 0.2) is 60.7 Å². The number of nitriles is 1. The predicted molar refractivity (Wildman–Crippen MR) is 84.6 cm³/mol. The van der Waals surface area contributed by atoms with E-state index in [-0.39, 0.29) is 12.0 Å². The van der Waals surface area contributed by atoms with Gasteiger partial charge in [0.1, 0.15) is 0 Å². The number of hydrogen-bond acceptors (Lipinski definition) is 2. The van der Waals surface area contributed by atoms with E-state index in [1.807, 2.05) is 12.1 Å². The summed E-state index contributed by atoms with van der Waals surface area (Å²) in [6.45, 7) is 0. The molecule has 0 radical (unpaired) electrons. The quantitative estimate of drug-likeness (QED) is 0.914. The Morgan fingerprint density at radius 3 is 2.00 bits per heavy atom. The summed E-state index contributed by atoms with van der Waals surface area (Å²) < 4.78 is 0. The van der Waals surface area contributed by atoms with Crippen LogP contribution < -0.4 is 5.32 Å². The highest BCUT2D eigenvalue weighted by atomic mass is 15.0. The van der Waals surface area contributed by atoms with E-state index in [0.29, 0.717) is 6.04 Å². The van der Waals surface area contributed by atoms with Crippen LogP contribution in [0.25, 0.3) is 0 Å². The third-order valence-electron chi connectivity index (χ3n) is 4.33. The fraction of sp³-hybridized carbons (Fsp3) is 0.316. The first-order valence-corrected chi connectivity index (χ1v) is 7.64. The van der Waals surface area contributed by atoms with Crippen molar-refractivity contribution in [2.24, 2.45) is 5.92 Å². The van der Waals surface area contributed by atoms with Crippen molar-refractivity contribution in [1.29, 1.82) is 5.26 Å². The molecule has 2 unspecified atom stereocenters. The van der Waals surface area contributed by atoms with Gasteiger partial charge in [0.05, 0.1) is 18.0 Å². The summed E-state index contributed by atoms with van der Waals surface area (Å²) >= 11 is 0. The minimum atomic E-state index is 0.139. The van der Waals surface area contributed by atoms with E-state index >= 15 is 0 Å². The van der Waals surface area contributed by atoms with Gasteiger partial charge in [-0.25, -0.2) is 0 Å². The minimum absolute atomic E-state index is 0.139. The molecule has 2 aromatic carbocycles. The second-order valence-corrected chi connectivity index (χ2v) is 5.69. The lowest BCUT2D eigenvalue weighted by atomic mass is 9.96. The molecular weight excluding hydrogens is 256 g/mol. The van der Waals surface area contributed by atoms with Crippen LogP contribution in [0, 0.1) is 17.2 Å². The molecule has 2 nitrogen and oxygen atoms in total. The van der Waals surface area contributed by atoms with E-state index in [1.165, 1.54) is 11.1 Å². The third kappa shape index (κ3) is 3.15. The van der Waals surface area contributed by atoms with Gasteiger partial charge in [-0.05, 0) is 24.0 Å². The first-order valence-electron chi connectivity index (χ1n) is 7.64. The summed E-state index contributed by atoms with van der Waals surface area (Å²) in [6.07, 6.45) is 3.26. The minimum Gasteiger partial charge on any atom is -0.302 e. The monoisotopic (exact) mass is 276 g/mol. The van der Waals surface area contributed by atoms with Crippen molar-refractivity contribution in [3.63, 3.8) is 0 Å². The Morgan fingerprint density at radius 1 is 0.905 bits per heavy atom. The van der Waals surface area contributed by atoms with Crippen molar-refractivity contribution in [1.82, 2.24) is 5.32 Å². The molecule has 1 aliphatic carbocycles. The Kier molecular flexibility index (Phi) is 4.33.